The summed E-state index contributed by atoms with van der Waals surface area (Å²) in [5.74, 6) is -0.415. The first-order valence-electron chi connectivity index (χ1n) is 9.93. The number of hydrogen-bond acceptors (Lipinski definition) is 5. The number of benzene rings is 1. The van der Waals surface area contributed by atoms with Gasteiger partial charge in [-0.3, -0.25) is 9.89 Å². The van der Waals surface area contributed by atoms with E-state index < -0.39 is 17.8 Å². The molecule has 1 aliphatic rings. The fraction of sp³-hybridized carbons (Fsp3) is 0.333. The standard InChI is InChI=1S/C21H18ClF3N6O.Na/c22-11-4-5-16-14(6-11)17(8-19(30-16)21(23,24)25)28-12-2-1-3-13(7-12)29-20(32)15-10-27-31-18(15)9-26;/h4-6,8,10,12-13H,1-3,7H2,(H,27,31)(H,28,30)(H,29,32);/t12-,13+;/m0./s1. The molecule has 0 saturated heterocycles. The average molecular weight is 486 g/mol. The largest absolute Gasteiger partial charge is 0.433 e. The molecule has 2 heterocycles. The topological polar surface area (TPSA) is 106 Å². The van der Waals surface area contributed by atoms with Crippen molar-refractivity contribution in [3.05, 3.63) is 52.4 Å². The van der Waals surface area contributed by atoms with Gasteiger partial charge in [-0.25, -0.2) is 4.98 Å². The van der Waals surface area contributed by atoms with Gasteiger partial charge in [-0.15, -0.1) is 0 Å². The first kappa shape index (κ1) is 25.3. The van der Waals surface area contributed by atoms with E-state index in [0.29, 0.717) is 22.5 Å². The van der Waals surface area contributed by atoms with Gasteiger partial charge in [0.15, 0.2) is 0 Å². The first-order chi connectivity index (χ1) is 15.2. The summed E-state index contributed by atoms with van der Waals surface area (Å²) in [5.41, 5.74) is -0.265. The summed E-state index contributed by atoms with van der Waals surface area (Å²) >= 11 is 6.06. The number of anilines is 1. The van der Waals surface area contributed by atoms with Crippen LogP contribution in [0.25, 0.3) is 10.9 Å². The van der Waals surface area contributed by atoms with Crippen LogP contribution >= 0.6 is 11.6 Å². The van der Waals surface area contributed by atoms with Crippen LogP contribution in [0.3, 0.4) is 0 Å². The Labute approximate surface area is 214 Å². The van der Waals surface area contributed by atoms with Gasteiger partial charge in [-0.2, -0.15) is 23.5 Å². The van der Waals surface area contributed by atoms with Crippen LogP contribution < -0.4 is 10.6 Å². The van der Waals surface area contributed by atoms with Crippen molar-refractivity contribution >= 4 is 63.7 Å². The smallest absolute Gasteiger partial charge is 0.382 e. The predicted molar refractivity (Wildman–Crippen MR) is 118 cm³/mol. The van der Waals surface area contributed by atoms with E-state index in [2.05, 4.69) is 25.8 Å². The summed E-state index contributed by atoms with van der Waals surface area (Å²) in [6, 6.07) is 7.04. The Morgan fingerprint density at radius 2 is 2.00 bits per heavy atom. The van der Waals surface area contributed by atoms with Crippen molar-refractivity contribution < 1.29 is 18.0 Å². The summed E-state index contributed by atoms with van der Waals surface area (Å²) in [7, 11) is 0. The molecule has 1 saturated carbocycles. The number of fused-ring (bicyclic) bond motifs is 1. The molecule has 1 aliphatic carbocycles. The first-order valence-corrected chi connectivity index (χ1v) is 10.3. The van der Waals surface area contributed by atoms with E-state index in [9.17, 15) is 18.0 Å². The minimum Gasteiger partial charge on any atom is -0.382 e. The minimum atomic E-state index is -4.59. The van der Waals surface area contributed by atoms with Crippen LogP contribution in [0.15, 0.2) is 30.5 Å². The number of nitriles is 1. The zero-order chi connectivity index (χ0) is 22.9. The number of pyridine rings is 1. The van der Waals surface area contributed by atoms with Gasteiger partial charge >= 0.3 is 6.18 Å². The molecule has 3 aromatic rings. The fourth-order valence-corrected chi connectivity index (χ4v) is 4.11. The molecule has 3 N–H and O–H groups in total. The fourth-order valence-electron chi connectivity index (χ4n) is 3.94. The number of hydrogen-bond donors (Lipinski definition) is 3. The molecule has 1 aromatic carbocycles. The number of nitrogens with one attached hydrogen (secondary N) is 3. The van der Waals surface area contributed by atoms with E-state index in [-0.39, 0.29) is 58.4 Å². The number of nitrogens with zero attached hydrogens (tertiary/aromatic N) is 3. The zero-order valence-corrected chi connectivity index (χ0v) is 20.4. The summed E-state index contributed by atoms with van der Waals surface area (Å²) in [4.78, 5) is 16.2. The van der Waals surface area contributed by atoms with Crippen molar-refractivity contribution in [3.8, 4) is 6.07 Å². The molecule has 1 amide bonds. The molecule has 2 aromatic heterocycles. The van der Waals surface area contributed by atoms with Crippen LogP contribution in [0.4, 0.5) is 18.9 Å². The van der Waals surface area contributed by atoms with Crippen LogP contribution in [-0.2, 0) is 6.18 Å². The van der Waals surface area contributed by atoms with Gasteiger partial charge < -0.3 is 10.6 Å². The number of carbonyl (C=O) groups excluding carboxylic acids is 1. The third-order valence-electron chi connectivity index (χ3n) is 5.43. The van der Waals surface area contributed by atoms with Gasteiger partial charge in [0.1, 0.15) is 17.5 Å². The van der Waals surface area contributed by atoms with Crippen molar-refractivity contribution in [2.24, 2.45) is 0 Å². The van der Waals surface area contributed by atoms with E-state index in [4.69, 9.17) is 16.9 Å². The number of aromatic nitrogens is 3. The van der Waals surface area contributed by atoms with E-state index in [1.165, 1.54) is 18.3 Å². The summed E-state index contributed by atoms with van der Waals surface area (Å²) < 4.78 is 40.1. The minimum absolute atomic E-state index is 0. The summed E-state index contributed by atoms with van der Waals surface area (Å²) in [6.45, 7) is 0. The Hall–Kier alpha value is -2.32. The van der Waals surface area contributed by atoms with Crippen LogP contribution in [0.5, 0.6) is 0 Å². The number of rotatable bonds is 4. The van der Waals surface area contributed by atoms with Gasteiger partial charge in [0.05, 0.1) is 17.3 Å². The molecule has 1 radical (unpaired) electrons. The molecule has 2 atom stereocenters. The second kappa shape index (κ2) is 10.3. The van der Waals surface area contributed by atoms with Crippen LogP contribution in [-0.4, -0.2) is 62.7 Å². The third-order valence-corrected chi connectivity index (χ3v) is 5.66. The van der Waals surface area contributed by atoms with Crippen LogP contribution in [0.1, 0.15) is 47.4 Å². The number of H-pyrrole nitrogens is 1. The van der Waals surface area contributed by atoms with Crippen molar-refractivity contribution in [1.29, 1.82) is 5.26 Å². The van der Waals surface area contributed by atoms with Gasteiger partial charge in [0, 0.05) is 57.7 Å². The molecule has 7 nitrogen and oxygen atoms in total. The van der Waals surface area contributed by atoms with Crippen molar-refractivity contribution in [2.45, 2.75) is 43.9 Å². The van der Waals surface area contributed by atoms with Gasteiger partial charge in [0.2, 0.25) is 0 Å². The van der Waals surface area contributed by atoms with E-state index in [1.807, 2.05) is 6.07 Å². The van der Waals surface area contributed by atoms with Gasteiger partial charge in [-0.05, 0) is 49.9 Å². The number of halogens is 4. The number of alkyl halides is 3. The van der Waals surface area contributed by atoms with E-state index in [1.54, 1.807) is 6.07 Å². The van der Waals surface area contributed by atoms with Crippen molar-refractivity contribution in [2.75, 3.05) is 5.32 Å². The molecule has 167 valence electrons. The quantitative estimate of drug-likeness (QED) is 0.478. The maximum Gasteiger partial charge on any atom is 0.433 e. The second-order valence-corrected chi connectivity index (χ2v) is 8.10. The summed E-state index contributed by atoms with van der Waals surface area (Å²) in [6.07, 6.45) is -0.561. The maximum absolute atomic E-state index is 13.4. The normalized spacial score (nSPS) is 18.3. The molecule has 1 fully saturated rings. The monoisotopic (exact) mass is 485 g/mol. The maximum atomic E-state index is 13.4. The molecular weight excluding hydrogens is 468 g/mol. The summed E-state index contributed by atoms with van der Waals surface area (Å²) in [5, 5.41) is 22.2. The van der Waals surface area contributed by atoms with E-state index in [0.717, 1.165) is 25.3 Å². The zero-order valence-electron chi connectivity index (χ0n) is 17.6. The molecule has 33 heavy (non-hydrogen) atoms. The number of aromatic amines is 1. The molecule has 12 heteroatoms. The van der Waals surface area contributed by atoms with E-state index >= 15 is 0 Å². The molecule has 0 aliphatic heterocycles. The number of carbonyl (C=O) groups is 1. The molecule has 0 spiro atoms. The van der Waals surface area contributed by atoms with Crippen LogP contribution in [0.2, 0.25) is 5.02 Å². The third kappa shape index (κ3) is 5.79. The SMILES string of the molecule is N#Cc1[nH]ncc1C(=O)N[C@@H]1CCC[C@H](Nc2cc(C(F)(F)F)nc3ccc(Cl)cc23)C1.[Na]. The Morgan fingerprint density at radius 1 is 1.24 bits per heavy atom. The molecule has 0 bridgehead atoms. The Bertz CT molecular complexity index is 1210. The Kier molecular flexibility index (Phi) is 7.90. The second-order valence-electron chi connectivity index (χ2n) is 7.66. The Morgan fingerprint density at radius 3 is 2.73 bits per heavy atom. The average Bonchev–Trinajstić information content (AvgIpc) is 3.22. The Balaban J connectivity index is 0.00000306. The number of amides is 1. The van der Waals surface area contributed by atoms with Crippen molar-refractivity contribution in [1.82, 2.24) is 20.5 Å². The van der Waals surface area contributed by atoms with Gasteiger partial charge in [0.25, 0.3) is 5.91 Å². The molecular formula is C21H18ClF3N6NaO. The van der Waals surface area contributed by atoms with Gasteiger partial charge in [-0.1, -0.05) is 11.6 Å². The van der Waals surface area contributed by atoms with Crippen LogP contribution in [0, 0.1) is 11.3 Å². The van der Waals surface area contributed by atoms with Crippen molar-refractivity contribution in [3.63, 3.8) is 0 Å². The molecule has 4 rings (SSSR count). The molecule has 0 unspecified atom stereocenters. The predicted octanol–water partition coefficient (Wildman–Crippen LogP) is 4.27.